The second-order valence-corrected chi connectivity index (χ2v) is 9.52. The van der Waals surface area contributed by atoms with E-state index in [1.165, 1.54) is 18.4 Å². The molecule has 1 amide bonds. The molecule has 4 aliphatic rings. The van der Waals surface area contributed by atoms with E-state index < -0.39 is 0 Å². The standard InChI is InChI=1S/C21H26N2O2S/c1-21(2)19(14-7-9-23(21)10-8-14)22-20(24)16-12-15-6-5-13-4-3-11-25-17(13)18(15)26-16/h5-6,12,14,19H,3-4,7-11H2,1-2H3,(H,22,24). The number of rotatable bonds is 2. The second kappa shape index (κ2) is 5.96. The highest BCUT2D eigenvalue weighted by Crippen LogP contribution is 2.41. The van der Waals surface area contributed by atoms with Gasteiger partial charge in [-0.3, -0.25) is 9.69 Å². The molecular formula is C21H26N2O2S. The second-order valence-electron chi connectivity index (χ2n) is 8.46. The Bertz CT molecular complexity index is 864. The van der Waals surface area contributed by atoms with Crippen molar-refractivity contribution < 1.29 is 9.53 Å². The van der Waals surface area contributed by atoms with Gasteiger partial charge in [-0.2, -0.15) is 0 Å². The van der Waals surface area contributed by atoms with Crippen LogP contribution in [-0.2, 0) is 6.42 Å². The molecule has 26 heavy (non-hydrogen) atoms. The maximum absolute atomic E-state index is 13.1. The van der Waals surface area contributed by atoms with Crippen LogP contribution >= 0.6 is 11.3 Å². The van der Waals surface area contributed by atoms with Gasteiger partial charge in [-0.05, 0) is 75.6 Å². The van der Waals surface area contributed by atoms with Gasteiger partial charge in [-0.15, -0.1) is 11.3 Å². The molecule has 0 radical (unpaired) electrons. The molecule has 4 aliphatic heterocycles. The van der Waals surface area contributed by atoms with Crippen molar-refractivity contribution >= 4 is 27.3 Å². The molecule has 1 unspecified atom stereocenters. The van der Waals surface area contributed by atoms with Crippen molar-refractivity contribution in [3.05, 3.63) is 28.6 Å². The molecule has 2 aromatic rings. The van der Waals surface area contributed by atoms with Crippen LogP contribution in [0.15, 0.2) is 18.2 Å². The lowest BCUT2D eigenvalue weighted by atomic mass is 9.72. The summed E-state index contributed by atoms with van der Waals surface area (Å²) in [5, 5.41) is 4.51. The van der Waals surface area contributed by atoms with Crippen LogP contribution in [0.4, 0.5) is 0 Å². The molecule has 3 saturated heterocycles. The van der Waals surface area contributed by atoms with Gasteiger partial charge in [0.05, 0.1) is 16.2 Å². The largest absolute Gasteiger partial charge is 0.492 e. The summed E-state index contributed by atoms with van der Waals surface area (Å²) in [7, 11) is 0. The highest BCUT2D eigenvalue weighted by molar-refractivity contribution is 7.21. The van der Waals surface area contributed by atoms with Gasteiger partial charge in [0.2, 0.25) is 0 Å². The molecule has 1 N–H and O–H groups in total. The summed E-state index contributed by atoms with van der Waals surface area (Å²) in [4.78, 5) is 16.4. The first-order valence-corrected chi connectivity index (χ1v) is 10.6. The number of piperidine rings is 3. The SMILES string of the molecule is CC1(C)C(NC(=O)c2cc3ccc4c(c3s2)OCCC4)C2CCN1CC2. The number of amides is 1. The molecule has 1 atom stereocenters. The van der Waals surface area contributed by atoms with Gasteiger partial charge in [0.1, 0.15) is 5.75 Å². The van der Waals surface area contributed by atoms with Gasteiger partial charge in [0.15, 0.2) is 0 Å². The van der Waals surface area contributed by atoms with Crippen LogP contribution in [0.2, 0.25) is 0 Å². The summed E-state index contributed by atoms with van der Waals surface area (Å²) >= 11 is 1.58. The Morgan fingerprint density at radius 3 is 2.88 bits per heavy atom. The molecule has 0 saturated carbocycles. The molecule has 5 heteroatoms. The number of fused-ring (bicyclic) bond motifs is 6. The van der Waals surface area contributed by atoms with E-state index in [0.29, 0.717) is 5.92 Å². The number of carbonyl (C=O) groups excluding carboxylic acids is 1. The maximum Gasteiger partial charge on any atom is 0.261 e. The van der Waals surface area contributed by atoms with Crippen molar-refractivity contribution in [1.82, 2.24) is 10.2 Å². The lowest BCUT2D eigenvalue weighted by molar-refractivity contribution is -0.0377. The van der Waals surface area contributed by atoms with Crippen LogP contribution < -0.4 is 10.1 Å². The summed E-state index contributed by atoms with van der Waals surface area (Å²) in [6, 6.07) is 6.55. The smallest absolute Gasteiger partial charge is 0.261 e. The van der Waals surface area contributed by atoms with Crippen LogP contribution in [0.3, 0.4) is 0 Å². The van der Waals surface area contributed by atoms with Gasteiger partial charge < -0.3 is 10.1 Å². The first-order valence-electron chi connectivity index (χ1n) is 9.78. The number of aryl methyl sites for hydroxylation is 1. The minimum absolute atomic E-state index is 0.0375. The number of nitrogens with one attached hydrogen (secondary N) is 1. The number of nitrogens with zero attached hydrogens (tertiary/aromatic N) is 1. The fraction of sp³-hybridized carbons (Fsp3) is 0.571. The zero-order chi connectivity index (χ0) is 17.9. The number of thiophene rings is 1. The van der Waals surface area contributed by atoms with E-state index in [9.17, 15) is 4.79 Å². The molecule has 6 rings (SSSR count). The Morgan fingerprint density at radius 1 is 1.31 bits per heavy atom. The molecule has 2 bridgehead atoms. The Kier molecular flexibility index (Phi) is 3.80. The molecule has 1 aromatic carbocycles. The van der Waals surface area contributed by atoms with E-state index in [-0.39, 0.29) is 17.5 Å². The van der Waals surface area contributed by atoms with E-state index in [0.717, 1.165) is 53.3 Å². The summed E-state index contributed by atoms with van der Waals surface area (Å²) in [6.07, 6.45) is 4.54. The Balaban J connectivity index is 1.44. The zero-order valence-electron chi connectivity index (χ0n) is 15.5. The maximum atomic E-state index is 13.1. The van der Waals surface area contributed by atoms with Crippen LogP contribution in [0, 0.1) is 5.92 Å². The van der Waals surface area contributed by atoms with Crippen molar-refractivity contribution in [2.45, 2.75) is 51.1 Å². The third-order valence-corrected chi connectivity index (χ3v) is 7.81. The van der Waals surface area contributed by atoms with Crippen LogP contribution in [-0.4, -0.2) is 42.1 Å². The molecule has 0 aliphatic carbocycles. The molecule has 0 spiro atoms. The van der Waals surface area contributed by atoms with Gasteiger partial charge in [0, 0.05) is 11.6 Å². The Hall–Kier alpha value is -1.59. The van der Waals surface area contributed by atoms with Crippen molar-refractivity contribution in [3.8, 4) is 5.75 Å². The third-order valence-electron chi connectivity index (χ3n) is 6.66. The van der Waals surface area contributed by atoms with E-state index in [4.69, 9.17) is 4.74 Å². The number of benzene rings is 1. The Morgan fingerprint density at radius 2 is 2.12 bits per heavy atom. The zero-order valence-corrected chi connectivity index (χ0v) is 16.3. The number of hydrogen-bond acceptors (Lipinski definition) is 4. The topological polar surface area (TPSA) is 41.6 Å². The predicted octanol–water partition coefficient (Wildman–Crippen LogP) is 3.83. The van der Waals surface area contributed by atoms with Gasteiger partial charge in [0.25, 0.3) is 5.91 Å². The molecule has 4 nitrogen and oxygen atoms in total. The third kappa shape index (κ3) is 2.48. The highest BCUT2D eigenvalue weighted by Gasteiger charge is 2.48. The average molecular weight is 371 g/mol. The van der Waals surface area contributed by atoms with Crippen molar-refractivity contribution in [3.63, 3.8) is 0 Å². The summed E-state index contributed by atoms with van der Waals surface area (Å²) in [5.74, 6) is 1.67. The van der Waals surface area contributed by atoms with E-state index in [2.05, 4.69) is 36.2 Å². The number of hydrogen-bond donors (Lipinski definition) is 1. The monoisotopic (exact) mass is 370 g/mol. The van der Waals surface area contributed by atoms with E-state index >= 15 is 0 Å². The average Bonchev–Trinajstić information content (AvgIpc) is 3.10. The van der Waals surface area contributed by atoms with Gasteiger partial charge >= 0.3 is 0 Å². The van der Waals surface area contributed by atoms with Crippen molar-refractivity contribution in [2.75, 3.05) is 19.7 Å². The molecule has 138 valence electrons. The minimum atomic E-state index is 0.0375. The van der Waals surface area contributed by atoms with E-state index in [1.807, 2.05) is 6.07 Å². The summed E-state index contributed by atoms with van der Waals surface area (Å²) < 4.78 is 7.05. The number of ether oxygens (including phenoxy) is 1. The summed E-state index contributed by atoms with van der Waals surface area (Å²) in [5.41, 5.74) is 1.31. The lowest BCUT2D eigenvalue weighted by Crippen LogP contribution is -2.69. The van der Waals surface area contributed by atoms with E-state index in [1.54, 1.807) is 11.3 Å². The van der Waals surface area contributed by atoms with Crippen molar-refractivity contribution in [2.24, 2.45) is 5.92 Å². The normalized spacial score (nSPS) is 29.2. The predicted molar refractivity (Wildman–Crippen MR) is 105 cm³/mol. The van der Waals surface area contributed by atoms with Gasteiger partial charge in [-0.1, -0.05) is 12.1 Å². The highest BCUT2D eigenvalue weighted by atomic mass is 32.1. The minimum Gasteiger partial charge on any atom is -0.492 e. The van der Waals surface area contributed by atoms with Crippen LogP contribution in [0.1, 0.15) is 48.3 Å². The molecule has 1 aromatic heterocycles. The van der Waals surface area contributed by atoms with Gasteiger partial charge in [-0.25, -0.2) is 0 Å². The lowest BCUT2D eigenvalue weighted by Gasteiger charge is -2.56. The van der Waals surface area contributed by atoms with Crippen molar-refractivity contribution in [1.29, 1.82) is 0 Å². The molecule has 3 fully saturated rings. The fourth-order valence-corrected chi connectivity index (χ4v) is 6.20. The molecule has 5 heterocycles. The molecular weight excluding hydrogens is 344 g/mol. The number of carbonyl (C=O) groups is 1. The summed E-state index contributed by atoms with van der Waals surface area (Å²) in [6.45, 7) is 7.66. The quantitative estimate of drug-likeness (QED) is 0.874. The van der Waals surface area contributed by atoms with Crippen LogP contribution in [0.5, 0.6) is 5.75 Å². The first kappa shape index (κ1) is 16.6. The fourth-order valence-electron chi connectivity index (χ4n) is 5.11. The Labute approximate surface area is 158 Å². The van der Waals surface area contributed by atoms with Crippen LogP contribution in [0.25, 0.3) is 10.1 Å². The first-order chi connectivity index (χ1) is 12.5.